The zero-order valence-electron chi connectivity index (χ0n) is 24.4. The smallest absolute Gasteiger partial charge is 0.456 e. The van der Waals surface area contributed by atoms with Crippen LogP contribution in [0.25, 0.3) is 0 Å². The Kier molecular flexibility index (Phi) is 7.34. The first kappa shape index (κ1) is 31.1. The van der Waals surface area contributed by atoms with E-state index in [1.54, 1.807) is 24.3 Å². The molecule has 45 heavy (non-hydrogen) atoms. The van der Waals surface area contributed by atoms with Gasteiger partial charge in [0.25, 0.3) is 5.91 Å². The lowest BCUT2D eigenvalue weighted by Gasteiger charge is -2.56. The van der Waals surface area contributed by atoms with Crippen molar-refractivity contribution in [3.8, 4) is 0 Å². The number of benzene rings is 2. The van der Waals surface area contributed by atoms with Crippen molar-refractivity contribution in [2.75, 3.05) is 5.32 Å². The van der Waals surface area contributed by atoms with Crippen LogP contribution in [-0.2, 0) is 4.79 Å². The van der Waals surface area contributed by atoms with Crippen LogP contribution in [0.4, 0.5) is 27.6 Å². The average Bonchev–Trinajstić information content (AvgIpc) is 3.27. The standard InChI is InChI=1S/C34H32F5NO5/c1-31-17-25(18-6-8-19(9-7-18)29(42)40-27-5-3-2-4-24(27)30(43)44)28-22-13-11-21(41)16-20(22)10-12-23(28)26(31)14-15-32(31,45)33(35,36)34(37,38)39/h2-9,16,23,25-26,45H,10-15,17H2,1H3,(H,40,42)(H,43,44)/t23-,25+,26-,31-,32-/m0/s1. The summed E-state index contributed by atoms with van der Waals surface area (Å²) in [4.78, 5) is 36.8. The summed E-state index contributed by atoms with van der Waals surface area (Å²) in [5, 5.41) is 23.4. The Labute approximate surface area is 256 Å². The molecule has 0 aliphatic heterocycles. The number of para-hydroxylation sites is 1. The second-order valence-electron chi connectivity index (χ2n) is 12.9. The molecule has 6 nitrogen and oxygen atoms in total. The van der Waals surface area contributed by atoms with E-state index in [4.69, 9.17) is 0 Å². The average molecular weight is 630 g/mol. The predicted molar refractivity (Wildman–Crippen MR) is 154 cm³/mol. The molecule has 0 bridgehead atoms. The fourth-order valence-corrected chi connectivity index (χ4v) is 8.55. The van der Waals surface area contributed by atoms with E-state index < -0.39 is 53.2 Å². The molecular weight excluding hydrogens is 597 g/mol. The number of rotatable bonds is 5. The lowest BCUT2D eigenvalue weighted by atomic mass is 9.50. The van der Waals surface area contributed by atoms with Gasteiger partial charge in [-0.1, -0.05) is 36.8 Å². The minimum Gasteiger partial charge on any atom is -0.478 e. The number of carbonyl (C=O) groups excluding carboxylic acids is 2. The SMILES string of the molecule is C[C@]12C[C@H](c3ccc(C(=O)Nc4ccccc4C(=O)O)cc3)C3=C4CCC(=O)C=C4CC[C@H]3[C@@H]1CC[C@@]2(O)C(F)(F)C(F)(F)F. The maximum Gasteiger partial charge on any atom is 0.456 e. The number of carboxylic acids is 1. The molecule has 0 heterocycles. The summed E-state index contributed by atoms with van der Waals surface area (Å²) in [6.45, 7) is 1.36. The largest absolute Gasteiger partial charge is 0.478 e. The van der Waals surface area contributed by atoms with Gasteiger partial charge in [0.05, 0.1) is 11.3 Å². The molecule has 3 N–H and O–H groups in total. The van der Waals surface area contributed by atoms with Crippen LogP contribution in [-0.4, -0.2) is 45.6 Å². The van der Waals surface area contributed by atoms with Crippen molar-refractivity contribution in [3.05, 3.63) is 88.0 Å². The second-order valence-corrected chi connectivity index (χ2v) is 12.9. The number of fused-ring (bicyclic) bond motifs is 4. The molecule has 2 saturated carbocycles. The highest BCUT2D eigenvalue weighted by Gasteiger charge is 2.79. The van der Waals surface area contributed by atoms with Crippen LogP contribution in [0.2, 0.25) is 0 Å². The maximum absolute atomic E-state index is 15.2. The van der Waals surface area contributed by atoms with Crippen molar-refractivity contribution in [2.24, 2.45) is 17.3 Å². The first-order valence-electron chi connectivity index (χ1n) is 15.0. The monoisotopic (exact) mass is 629 g/mol. The van der Waals surface area contributed by atoms with Gasteiger partial charge in [-0.25, -0.2) is 4.79 Å². The van der Waals surface area contributed by atoms with Crippen molar-refractivity contribution in [2.45, 2.75) is 75.5 Å². The Bertz CT molecular complexity index is 1640. The maximum atomic E-state index is 15.2. The van der Waals surface area contributed by atoms with Gasteiger partial charge in [0.15, 0.2) is 5.78 Å². The minimum absolute atomic E-state index is 0.00936. The summed E-state index contributed by atoms with van der Waals surface area (Å²) in [5.41, 5.74) is -1.58. The lowest BCUT2D eigenvalue weighted by molar-refractivity contribution is -0.362. The lowest BCUT2D eigenvalue weighted by Crippen LogP contribution is -2.65. The fraction of sp³-hybridized carbons (Fsp3) is 0.441. The molecular formula is C34H32F5NO5. The molecule has 0 radical (unpaired) electrons. The van der Waals surface area contributed by atoms with Crippen LogP contribution in [0, 0.1) is 17.3 Å². The summed E-state index contributed by atoms with van der Waals surface area (Å²) >= 11 is 0. The van der Waals surface area contributed by atoms with Crippen molar-refractivity contribution in [3.63, 3.8) is 0 Å². The first-order valence-corrected chi connectivity index (χ1v) is 15.0. The number of ketones is 1. The van der Waals surface area contributed by atoms with Gasteiger partial charge in [0.2, 0.25) is 0 Å². The van der Waals surface area contributed by atoms with Gasteiger partial charge >= 0.3 is 18.1 Å². The predicted octanol–water partition coefficient (Wildman–Crippen LogP) is 7.47. The third-order valence-corrected chi connectivity index (χ3v) is 10.7. The molecule has 4 aliphatic rings. The number of carbonyl (C=O) groups is 3. The third kappa shape index (κ3) is 4.73. The number of aliphatic hydroxyl groups is 1. The second kappa shape index (κ2) is 10.6. The molecule has 2 aromatic carbocycles. The number of allylic oxidation sites excluding steroid dienone is 4. The van der Waals surface area contributed by atoms with Gasteiger partial charge in [-0.3, -0.25) is 9.59 Å². The molecule has 4 aliphatic carbocycles. The van der Waals surface area contributed by atoms with Crippen molar-refractivity contribution in [1.29, 1.82) is 0 Å². The van der Waals surface area contributed by atoms with Crippen LogP contribution in [0.5, 0.6) is 0 Å². The van der Waals surface area contributed by atoms with Gasteiger partial charge in [-0.05, 0) is 97.4 Å². The van der Waals surface area contributed by atoms with E-state index in [1.807, 2.05) is 0 Å². The third-order valence-electron chi connectivity index (χ3n) is 10.7. The molecule has 0 saturated heterocycles. The van der Waals surface area contributed by atoms with Crippen LogP contribution in [0.1, 0.15) is 84.1 Å². The molecule has 11 heteroatoms. The van der Waals surface area contributed by atoms with Crippen LogP contribution in [0.15, 0.2) is 71.3 Å². The minimum atomic E-state index is -5.94. The molecule has 2 fully saturated rings. The normalized spacial score (nSPS) is 29.8. The van der Waals surface area contributed by atoms with Crippen LogP contribution >= 0.6 is 0 Å². The zero-order valence-corrected chi connectivity index (χ0v) is 24.4. The topological polar surface area (TPSA) is 104 Å². The van der Waals surface area contributed by atoms with Gasteiger partial charge in [0, 0.05) is 23.3 Å². The van der Waals surface area contributed by atoms with E-state index in [2.05, 4.69) is 5.32 Å². The van der Waals surface area contributed by atoms with Crippen LogP contribution < -0.4 is 5.32 Å². The number of alkyl halides is 5. The Morgan fingerprint density at radius 1 is 0.956 bits per heavy atom. The van der Waals surface area contributed by atoms with Gasteiger partial charge < -0.3 is 15.5 Å². The molecule has 1 amide bonds. The molecule has 238 valence electrons. The number of anilines is 1. The molecule has 2 aromatic rings. The number of hydrogen-bond donors (Lipinski definition) is 3. The number of amides is 1. The number of halogens is 5. The molecule has 0 spiro atoms. The van der Waals surface area contributed by atoms with Gasteiger partial charge in [-0.15, -0.1) is 0 Å². The highest BCUT2D eigenvalue weighted by atomic mass is 19.4. The highest BCUT2D eigenvalue weighted by molar-refractivity contribution is 6.07. The summed E-state index contributed by atoms with van der Waals surface area (Å²) in [6, 6.07) is 12.1. The number of hydrogen-bond acceptors (Lipinski definition) is 4. The Morgan fingerprint density at radius 2 is 1.64 bits per heavy atom. The van der Waals surface area contributed by atoms with Crippen molar-refractivity contribution < 1.29 is 46.5 Å². The van der Waals surface area contributed by atoms with Crippen molar-refractivity contribution in [1.82, 2.24) is 0 Å². The Balaban J connectivity index is 1.41. The highest BCUT2D eigenvalue weighted by Crippen LogP contribution is 2.70. The van der Waals surface area contributed by atoms with Crippen LogP contribution in [0.3, 0.4) is 0 Å². The van der Waals surface area contributed by atoms with E-state index in [9.17, 15) is 37.8 Å². The zero-order chi connectivity index (χ0) is 32.5. The quantitative estimate of drug-likeness (QED) is 0.298. The summed E-state index contributed by atoms with van der Waals surface area (Å²) in [5.74, 6) is -8.76. The van der Waals surface area contributed by atoms with Crippen molar-refractivity contribution >= 4 is 23.3 Å². The molecule has 0 unspecified atom stereocenters. The number of carboxylic acid groups (broad SMARTS) is 1. The first-order chi connectivity index (χ1) is 21.1. The molecule has 6 rings (SSSR count). The fourth-order valence-electron chi connectivity index (χ4n) is 8.55. The van der Waals surface area contributed by atoms with Gasteiger partial charge in [-0.2, -0.15) is 22.0 Å². The van der Waals surface area contributed by atoms with E-state index >= 15 is 8.78 Å². The summed E-state index contributed by atoms with van der Waals surface area (Å²) in [7, 11) is 0. The summed E-state index contributed by atoms with van der Waals surface area (Å²) in [6.07, 6.45) is -3.49. The van der Waals surface area contributed by atoms with E-state index in [-0.39, 0.29) is 47.8 Å². The van der Waals surface area contributed by atoms with Gasteiger partial charge in [0.1, 0.15) is 5.60 Å². The number of nitrogens with one attached hydrogen (secondary N) is 1. The molecule has 0 aromatic heterocycles. The molecule has 5 atom stereocenters. The van der Waals surface area contributed by atoms with E-state index in [1.165, 1.54) is 37.3 Å². The Morgan fingerprint density at radius 3 is 2.31 bits per heavy atom. The Hall–Kier alpha value is -3.86. The number of aromatic carboxylic acids is 1. The summed E-state index contributed by atoms with van der Waals surface area (Å²) < 4.78 is 71.7. The van der Waals surface area contributed by atoms with E-state index in [0.717, 1.165) is 16.7 Å². The van der Waals surface area contributed by atoms with E-state index in [0.29, 0.717) is 24.8 Å².